The van der Waals surface area contributed by atoms with E-state index in [0.29, 0.717) is 13.0 Å². The molecule has 0 aromatic heterocycles. The lowest BCUT2D eigenvalue weighted by Gasteiger charge is -2.09. The fourth-order valence-electron chi connectivity index (χ4n) is 1.56. The van der Waals surface area contributed by atoms with Crippen molar-refractivity contribution in [1.82, 2.24) is 5.32 Å². The summed E-state index contributed by atoms with van der Waals surface area (Å²) >= 11 is 0. The van der Waals surface area contributed by atoms with Crippen molar-refractivity contribution in [3.8, 4) is 0 Å². The quantitative estimate of drug-likeness (QED) is 0.378. The first kappa shape index (κ1) is 16.4. The van der Waals surface area contributed by atoms with Gasteiger partial charge in [0.05, 0.1) is 4.92 Å². The summed E-state index contributed by atoms with van der Waals surface area (Å²) in [6.45, 7) is 1.90. The van der Waals surface area contributed by atoms with E-state index in [0.717, 1.165) is 5.69 Å². The standard InChI is InChI=1S/C13H17N3O5/c1-9(13(18)19)15-12(17)3-2-8-14-10-4-6-11(7-5-10)16(20)21/h4-7,9,14H,2-3,8H2,1H3,(H,15,17)(H,18,19). The van der Waals surface area contributed by atoms with Crippen LogP contribution in [0.5, 0.6) is 0 Å². The van der Waals surface area contributed by atoms with Crippen LogP contribution < -0.4 is 10.6 Å². The third kappa shape index (κ3) is 5.89. The molecule has 0 radical (unpaired) electrons. The molecule has 8 heteroatoms. The minimum absolute atomic E-state index is 0.0163. The SMILES string of the molecule is CC(NC(=O)CCCNc1ccc([N+](=O)[O-])cc1)C(=O)O. The summed E-state index contributed by atoms with van der Waals surface area (Å²) in [6.07, 6.45) is 0.729. The van der Waals surface area contributed by atoms with Crippen molar-refractivity contribution in [3.05, 3.63) is 34.4 Å². The first-order valence-electron chi connectivity index (χ1n) is 6.40. The van der Waals surface area contributed by atoms with E-state index in [1.54, 1.807) is 12.1 Å². The maximum atomic E-state index is 11.4. The molecule has 21 heavy (non-hydrogen) atoms. The smallest absolute Gasteiger partial charge is 0.325 e. The Bertz CT molecular complexity index is 515. The lowest BCUT2D eigenvalue weighted by atomic mass is 10.2. The number of nitro benzene ring substituents is 1. The predicted molar refractivity (Wildman–Crippen MR) is 76.1 cm³/mol. The Morgan fingerprint density at radius 3 is 2.48 bits per heavy atom. The minimum atomic E-state index is -1.08. The second kappa shape index (κ2) is 7.83. The Hall–Kier alpha value is -2.64. The highest BCUT2D eigenvalue weighted by Crippen LogP contribution is 2.15. The number of carbonyl (C=O) groups excluding carboxylic acids is 1. The van der Waals surface area contributed by atoms with Gasteiger partial charge in [0, 0.05) is 30.8 Å². The molecule has 0 saturated carbocycles. The van der Waals surface area contributed by atoms with Gasteiger partial charge in [-0.2, -0.15) is 0 Å². The number of non-ortho nitro benzene ring substituents is 1. The number of nitrogens with zero attached hydrogens (tertiary/aromatic N) is 1. The van der Waals surface area contributed by atoms with Gasteiger partial charge in [0.25, 0.3) is 5.69 Å². The monoisotopic (exact) mass is 295 g/mol. The number of hydrogen-bond acceptors (Lipinski definition) is 5. The fourth-order valence-corrected chi connectivity index (χ4v) is 1.56. The first-order valence-corrected chi connectivity index (χ1v) is 6.40. The van der Waals surface area contributed by atoms with Crippen LogP contribution in [0.1, 0.15) is 19.8 Å². The Balaban J connectivity index is 2.26. The predicted octanol–water partition coefficient (Wildman–Crippen LogP) is 1.38. The highest BCUT2D eigenvalue weighted by atomic mass is 16.6. The molecule has 0 spiro atoms. The molecule has 1 aromatic rings. The second-order valence-corrected chi connectivity index (χ2v) is 4.46. The number of nitro groups is 1. The van der Waals surface area contributed by atoms with E-state index in [1.165, 1.54) is 19.1 Å². The molecule has 1 amide bonds. The van der Waals surface area contributed by atoms with E-state index in [2.05, 4.69) is 10.6 Å². The lowest BCUT2D eigenvalue weighted by molar-refractivity contribution is -0.384. The van der Waals surface area contributed by atoms with Crippen LogP contribution in [0.4, 0.5) is 11.4 Å². The fraction of sp³-hybridized carbons (Fsp3) is 0.385. The van der Waals surface area contributed by atoms with Gasteiger partial charge < -0.3 is 15.7 Å². The Labute approximate surface area is 121 Å². The van der Waals surface area contributed by atoms with E-state index >= 15 is 0 Å². The average Bonchev–Trinajstić information content (AvgIpc) is 2.44. The number of amides is 1. The number of anilines is 1. The summed E-state index contributed by atoms with van der Waals surface area (Å²) in [5, 5.41) is 24.5. The van der Waals surface area contributed by atoms with Gasteiger partial charge in [-0.3, -0.25) is 19.7 Å². The molecule has 114 valence electrons. The lowest BCUT2D eigenvalue weighted by Crippen LogP contribution is -2.38. The summed E-state index contributed by atoms with van der Waals surface area (Å²) in [5.74, 6) is -1.40. The molecule has 3 N–H and O–H groups in total. The summed E-state index contributed by atoms with van der Waals surface area (Å²) in [7, 11) is 0. The van der Waals surface area contributed by atoms with Crippen molar-refractivity contribution < 1.29 is 19.6 Å². The minimum Gasteiger partial charge on any atom is -0.480 e. The molecule has 1 atom stereocenters. The molecular weight excluding hydrogens is 278 g/mol. The Kier molecular flexibility index (Phi) is 6.12. The number of hydrogen-bond donors (Lipinski definition) is 3. The van der Waals surface area contributed by atoms with Crippen LogP contribution in [0.2, 0.25) is 0 Å². The van der Waals surface area contributed by atoms with Crippen LogP contribution in [-0.2, 0) is 9.59 Å². The van der Waals surface area contributed by atoms with E-state index in [9.17, 15) is 19.7 Å². The normalized spacial score (nSPS) is 11.5. The molecule has 0 aliphatic rings. The van der Waals surface area contributed by atoms with Crippen molar-refractivity contribution in [2.24, 2.45) is 0 Å². The first-order chi connectivity index (χ1) is 9.90. The molecule has 1 unspecified atom stereocenters. The molecule has 1 aromatic carbocycles. The van der Waals surface area contributed by atoms with Gasteiger partial charge >= 0.3 is 5.97 Å². The molecule has 0 bridgehead atoms. The van der Waals surface area contributed by atoms with Crippen LogP contribution in [0.3, 0.4) is 0 Å². The van der Waals surface area contributed by atoms with Crippen molar-refractivity contribution >= 4 is 23.3 Å². The van der Waals surface area contributed by atoms with Gasteiger partial charge in [-0.05, 0) is 25.5 Å². The molecule has 8 nitrogen and oxygen atoms in total. The van der Waals surface area contributed by atoms with Crippen LogP contribution >= 0.6 is 0 Å². The number of aliphatic carboxylic acids is 1. The van der Waals surface area contributed by atoms with Gasteiger partial charge in [-0.1, -0.05) is 0 Å². The average molecular weight is 295 g/mol. The van der Waals surface area contributed by atoms with Crippen molar-refractivity contribution in [1.29, 1.82) is 0 Å². The zero-order valence-corrected chi connectivity index (χ0v) is 11.5. The van der Waals surface area contributed by atoms with E-state index in [1.807, 2.05) is 0 Å². The molecule has 0 saturated heterocycles. The maximum Gasteiger partial charge on any atom is 0.325 e. The number of carbonyl (C=O) groups is 2. The molecule has 0 aliphatic carbocycles. The van der Waals surface area contributed by atoms with Gasteiger partial charge in [-0.15, -0.1) is 0 Å². The molecule has 0 fully saturated rings. The van der Waals surface area contributed by atoms with Crippen molar-refractivity contribution in [2.45, 2.75) is 25.8 Å². The molecule has 1 rings (SSSR count). The van der Waals surface area contributed by atoms with Crippen LogP contribution in [-0.4, -0.2) is 34.5 Å². The Morgan fingerprint density at radius 2 is 1.95 bits per heavy atom. The van der Waals surface area contributed by atoms with Crippen molar-refractivity contribution in [3.63, 3.8) is 0 Å². The third-order valence-corrected chi connectivity index (χ3v) is 2.74. The van der Waals surface area contributed by atoms with E-state index < -0.39 is 16.9 Å². The van der Waals surface area contributed by atoms with Crippen molar-refractivity contribution in [2.75, 3.05) is 11.9 Å². The van der Waals surface area contributed by atoms with Crippen LogP contribution in [0.15, 0.2) is 24.3 Å². The summed E-state index contributed by atoms with van der Waals surface area (Å²) in [4.78, 5) is 32.0. The van der Waals surface area contributed by atoms with Gasteiger partial charge in [0.1, 0.15) is 6.04 Å². The number of benzene rings is 1. The summed E-state index contributed by atoms with van der Waals surface area (Å²) in [6, 6.07) is 5.06. The van der Waals surface area contributed by atoms with Gasteiger partial charge in [0.2, 0.25) is 5.91 Å². The Morgan fingerprint density at radius 1 is 1.33 bits per heavy atom. The largest absolute Gasteiger partial charge is 0.480 e. The zero-order chi connectivity index (χ0) is 15.8. The highest BCUT2D eigenvalue weighted by molar-refractivity contribution is 5.83. The topological polar surface area (TPSA) is 122 Å². The van der Waals surface area contributed by atoms with Gasteiger partial charge in [0.15, 0.2) is 0 Å². The second-order valence-electron chi connectivity index (χ2n) is 4.46. The molecular formula is C13H17N3O5. The van der Waals surface area contributed by atoms with E-state index in [4.69, 9.17) is 5.11 Å². The van der Waals surface area contributed by atoms with E-state index in [-0.39, 0.29) is 18.0 Å². The highest BCUT2D eigenvalue weighted by Gasteiger charge is 2.13. The summed E-state index contributed by atoms with van der Waals surface area (Å²) in [5.41, 5.74) is 0.738. The maximum absolute atomic E-state index is 11.4. The van der Waals surface area contributed by atoms with Crippen LogP contribution in [0, 0.1) is 10.1 Å². The van der Waals surface area contributed by atoms with Crippen LogP contribution in [0.25, 0.3) is 0 Å². The molecule has 0 aliphatic heterocycles. The number of carboxylic acids is 1. The number of nitrogens with one attached hydrogen (secondary N) is 2. The number of carboxylic acid groups (broad SMARTS) is 1. The third-order valence-electron chi connectivity index (χ3n) is 2.74. The molecule has 0 heterocycles. The number of rotatable bonds is 8. The summed E-state index contributed by atoms with van der Waals surface area (Å²) < 4.78 is 0. The van der Waals surface area contributed by atoms with Gasteiger partial charge in [-0.25, -0.2) is 0 Å². The zero-order valence-electron chi connectivity index (χ0n) is 11.5.